The zero-order valence-corrected chi connectivity index (χ0v) is 14.5. The highest BCUT2D eigenvalue weighted by molar-refractivity contribution is 5.78. The number of amides is 1. The van der Waals surface area contributed by atoms with Gasteiger partial charge in [-0.15, -0.1) is 0 Å². The van der Waals surface area contributed by atoms with Crippen LogP contribution in [0.25, 0.3) is 0 Å². The monoisotopic (exact) mass is 342 g/mol. The van der Waals surface area contributed by atoms with E-state index in [-0.39, 0.29) is 29.8 Å². The quantitative estimate of drug-likeness (QED) is 0.848. The van der Waals surface area contributed by atoms with Crippen LogP contribution in [0.15, 0.2) is 47.4 Å². The predicted molar refractivity (Wildman–Crippen MR) is 93.6 cm³/mol. The second kappa shape index (κ2) is 7.53. The van der Waals surface area contributed by atoms with Crippen LogP contribution in [0.5, 0.6) is 5.75 Å². The summed E-state index contributed by atoms with van der Waals surface area (Å²) in [6, 6.07) is 11.3. The van der Waals surface area contributed by atoms with Crippen LogP contribution >= 0.6 is 0 Å². The number of ether oxygens (including phenoxy) is 2. The van der Waals surface area contributed by atoms with Crippen molar-refractivity contribution in [1.82, 2.24) is 9.47 Å². The number of aryl methyl sites for hydroxylation is 2. The molecule has 0 radical (unpaired) electrons. The standard InChI is InChI=1S/C19H22N2O4/c1-14-10-16(22)18(11-20(14)2)25-13-19(23)21-8-9-24-17(12-21)15-6-4-3-5-7-15/h3-7,10-11,17H,8-9,12-13H2,1-2H3. The molecular formula is C19H22N2O4. The molecule has 1 aliphatic heterocycles. The van der Waals surface area contributed by atoms with E-state index in [4.69, 9.17) is 9.47 Å². The third kappa shape index (κ3) is 4.09. The van der Waals surface area contributed by atoms with Crippen LogP contribution in [-0.2, 0) is 16.6 Å². The van der Waals surface area contributed by atoms with Crippen molar-refractivity contribution < 1.29 is 14.3 Å². The van der Waals surface area contributed by atoms with Gasteiger partial charge in [-0.05, 0) is 12.5 Å². The fourth-order valence-electron chi connectivity index (χ4n) is 2.79. The van der Waals surface area contributed by atoms with Crippen molar-refractivity contribution in [2.45, 2.75) is 13.0 Å². The van der Waals surface area contributed by atoms with E-state index >= 15 is 0 Å². The maximum Gasteiger partial charge on any atom is 0.260 e. The van der Waals surface area contributed by atoms with Crippen molar-refractivity contribution in [3.63, 3.8) is 0 Å². The number of nitrogens with zero attached hydrogens (tertiary/aromatic N) is 2. The summed E-state index contributed by atoms with van der Waals surface area (Å²) in [5, 5.41) is 0. The average Bonchev–Trinajstić information content (AvgIpc) is 2.64. The van der Waals surface area contributed by atoms with Gasteiger partial charge in [0.2, 0.25) is 5.43 Å². The number of benzene rings is 1. The molecule has 1 fully saturated rings. The van der Waals surface area contributed by atoms with Gasteiger partial charge in [0.05, 0.1) is 13.2 Å². The Kier molecular flexibility index (Phi) is 5.19. The number of carbonyl (C=O) groups is 1. The van der Waals surface area contributed by atoms with Crippen molar-refractivity contribution in [2.24, 2.45) is 7.05 Å². The fraction of sp³-hybridized carbons (Fsp3) is 0.368. The van der Waals surface area contributed by atoms with Gasteiger partial charge in [0.1, 0.15) is 6.10 Å². The molecular weight excluding hydrogens is 320 g/mol. The van der Waals surface area contributed by atoms with E-state index in [1.807, 2.05) is 44.3 Å². The van der Waals surface area contributed by atoms with Crippen molar-refractivity contribution in [1.29, 1.82) is 0 Å². The van der Waals surface area contributed by atoms with E-state index in [0.717, 1.165) is 11.3 Å². The van der Waals surface area contributed by atoms with Crippen LogP contribution in [0.2, 0.25) is 0 Å². The third-order valence-electron chi connectivity index (χ3n) is 4.39. The van der Waals surface area contributed by atoms with Crippen LogP contribution in [0.4, 0.5) is 0 Å². The molecule has 132 valence electrons. The van der Waals surface area contributed by atoms with Crippen molar-refractivity contribution >= 4 is 5.91 Å². The normalized spacial score (nSPS) is 17.4. The molecule has 2 heterocycles. The van der Waals surface area contributed by atoms with Crippen LogP contribution in [0.3, 0.4) is 0 Å². The fourth-order valence-corrected chi connectivity index (χ4v) is 2.79. The molecule has 25 heavy (non-hydrogen) atoms. The van der Waals surface area contributed by atoms with Gasteiger partial charge in [-0.2, -0.15) is 0 Å². The van der Waals surface area contributed by atoms with Gasteiger partial charge < -0.3 is 18.9 Å². The number of hydrogen-bond donors (Lipinski definition) is 0. The first-order valence-corrected chi connectivity index (χ1v) is 8.29. The molecule has 1 aromatic carbocycles. The largest absolute Gasteiger partial charge is 0.478 e. The lowest BCUT2D eigenvalue weighted by molar-refractivity contribution is -0.141. The van der Waals surface area contributed by atoms with Gasteiger partial charge in [0.25, 0.3) is 5.91 Å². The first-order valence-electron chi connectivity index (χ1n) is 8.29. The molecule has 0 aliphatic carbocycles. The Balaban J connectivity index is 1.61. The lowest BCUT2D eigenvalue weighted by Crippen LogP contribution is -2.44. The zero-order valence-electron chi connectivity index (χ0n) is 14.5. The van der Waals surface area contributed by atoms with Gasteiger partial charge in [0.15, 0.2) is 12.4 Å². The van der Waals surface area contributed by atoms with Gasteiger partial charge in [-0.25, -0.2) is 0 Å². The Morgan fingerprint density at radius 1 is 1.32 bits per heavy atom. The number of hydrogen-bond acceptors (Lipinski definition) is 4. The first-order chi connectivity index (χ1) is 12.0. The van der Waals surface area contributed by atoms with Crippen LogP contribution < -0.4 is 10.2 Å². The second-order valence-corrected chi connectivity index (χ2v) is 6.15. The number of morpholine rings is 1. The van der Waals surface area contributed by atoms with Crippen LogP contribution in [0.1, 0.15) is 17.4 Å². The summed E-state index contributed by atoms with van der Waals surface area (Å²) in [5.41, 5.74) is 1.67. The number of carbonyl (C=O) groups excluding carboxylic acids is 1. The molecule has 1 atom stereocenters. The summed E-state index contributed by atoms with van der Waals surface area (Å²) in [5.74, 6) is 0.0428. The SMILES string of the molecule is Cc1cc(=O)c(OCC(=O)N2CCOC(c3ccccc3)C2)cn1C. The molecule has 0 spiro atoms. The van der Waals surface area contributed by atoms with E-state index in [9.17, 15) is 9.59 Å². The minimum absolute atomic E-state index is 0.133. The second-order valence-electron chi connectivity index (χ2n) is 6.15. The number of aromatic nitrogens is 1. The molecule has 0 saturated carbocycles. The zero-order chi connectivity index (χ0) is 17.8. The Morgan fingerprint density at radius 3 is 2.84 bits per heavy atom. The molecule has 6 nitrogen and oxygen atoms in total. The van der Waals surface area contributed by atoms with Gasteiger partial charge in [-0.1, -0.05) is 30.3 Å². The summed E-state index contributed by atoms with van der Waals surface area (Å²) >= 11 is 0. The van der Waals surface area contributed by atoms with Gasteiger partial charge >= 0.3 is 0 Å². The molecule has 6 heteroatoms. The lowest BCUT2D eigenvalue weighted by Gasteiger charge is -2.33. The molecule has 1 unspecified atom stereocenters. The molecule has 1 aromatic heterocycles. The third-order valence-corrected chi connectivity index (χ3v) is 4.39. The minimum atomic E-state index is -0.215. The van der Waals surface area contributed by atoms with Crippen molar-refractivity contribution in [3.05, 3.63) is 64.1 Å². The minimum Gasteiger partial charge on any atom is -0.478 e. The summed E-state index contributed by atoms with van der Waals surface area (Å²) < 4.78 is 13.0. The number of rotatable bonds is 4. The van der Waals surface area contributed by atoms with E-state index in [2.05, 4.69) is 0 Å². The first kappa shape index (κ1) is 17.2. The van der Waals surface area contributed by atoms with Crippen LogP contribution in [-0.4, -0.2) is 41.7 Å². The van der Waals surface area contributed by atoms with Gasteiger partial charge in [0, 0.05) is 31.5 Å². The molecule has 0 N–H and O–H groups in total. The molecule has 1 amide bonds. The Hall–Kier alpha value is -2.60. The smallest absolute Gasteiger partial charge is 0.260 e. The Morgan fingerprint density at radius 2 is 2.08 bits per heavy atom. The van der Waals surface area contributed by atoms with E-state index in [1.165, 1.54) is 6.07 Å². The topological polar surface area (TPSA) is 60.8 Å². The van der Waals surface area contributed by atoms with Gasteiger partial charge in [-0.3, -0.25) is 9.59 Å². The van der Waals surface area contributed by atoms with Crippen molar-refractivity contribution in [2.75, 3.05) is 26.3 Å². The maximum atomic E-state index is 12.4. The Labute approximate surface area is 146 Å². The van der Waals surface area contributed by atoms with Crippen molar-refractivity contribution in [3.8, 4) is 5.75 Å². The van der Waals surface area contributed by atoms with Crippen LogP contribution in [0, 0.1) is 6.92 Å². The lowest BCUT2D eigenvalue weighted by atomic mass is 10.1. The summed E-state index contributed by atoms with van der Waals surface area (Å²) in [6.07, 6.45) is 1.47. The predicted octanol–water partition coefficient (Wildman–Crippen LogP) is 1.67. The number of pyridine rings is 1. The summed E-state index contributed by atoms with van der Waals surface area (Å²) in [6.45, 7) is 3.18. The molecule has 3 rings (SSSR count). The molecule has 1 aliphatic rings. The average molecular weight is 342 g/mol. The summed E-state index contributed by atoms with van der Waals surface area (Å²) in [7, 11) is 1.83. The highest BCUT2D eigenvalue weighted by Gasteiger charge is 2.25. The molecule has 0 bridgehead atoms. The molecule has 1 saturated heterocycles. The summed E-state index contributed by atoms with van der Waals surface area (Å²) in [4.78, 5) is 26.1. The van der Waals surface area contributed by atoms with E-state index < -0.39 is 0 Å². The van der Waals surface area contributed by atoms with E-state index in [0.29, 0.717) is 19.7 Å². The highest BCUT2D eigenvalue weighted by Crippen LogP contribution is 2.22. The maximum absolute atomic E-state index is 12.4. The molecule has 2 aromatic rings. The Bertz CT molecular complexity index is 801. The van der Waals surface area contributed by atoms with E-state index in [1.54, 1.807) is 15.7 Å². The highest BCUT2D eigenvalue weighted by atomic mass is 16.5.